The summed E-state index contributed by atoms with van der Waals surface area (Å²) in [5.74, 6) is -2.46. The number of amides is 2. The molecule has 1 aliphatic heterocycles. The van der Waals surface area contributed by atoms with E-state index >= 15 is 0 Å². The number of aromatic nitrogens is 2. The lowest BCUT2D eigenvalue weighted by molar-refractivity contribution is -0.200. The van der Waals surface area contributed by atoms with Crippen LogP contribution in [-0.2, 0) is 28.1 Å². The first kappa shape index (κ1) is 25.8. The van der Waals surface area contributed by atoms with Crippen molar-refractivity contribution in [2.75, 3.05) is 19.5 Å². The van der Waals surface area contributed by atoms with Gasteiger partial charge in [0.2, 0.25) is 11.4 Å². The van der Waals surface area contributed by atoms with Gasteiger partial charge in [0.1, 0.15) is 11.4 Å². The van der Waals surface area contributed by atoms with Gasteiger partial charge >= 0.3 is 11.9 Å². The first-order valence-electron chi connectivity index (χ1n) is 10.8. The number of unbranched alkanes of at least 4 members (excludes halogenated alkanes) is 1. The summed E-state index contributed by atoms with van der Waals surface area (Å²) in [6.45, 7) is 1.55. The fourth-order valence-electron chi connectivity index (χ4n) is 3.92. The first-order valence-corrected chi connectivity index (χ1v) is 10.8. The van der Waals surface area contributed by atoms with Crippen molar-refractivity contribution in [2.45, 2.75) is 50.9 Å². The molecule has 35 heavy (non-hydrogen) atoms. The number of benzene rings is 1. The van der Waals surface area contributed by atoms with E-state index in [0.717, 1.165) is 4.57 Å². The van der Waals surface area contributed by atoms with Crippen molar-refractivity contribution < 1.29 is 32.2 Å². The van der Waals surface area contributed by atoms with Crippen molar-refractivity contribution in [3.05, 3.63) is 50.2 Å². The third kappa shape index (κ3) is 4.62. The molecule has 0 saturated heterocycles. The van der Waals surface area contributed by atoms with Gasteiger partial charge in [0, 0.05) is 13.0 Å². The smallest absolute Gasteiger partial charge is 0.425 e. The van der Waals surface area contributed by atoms with E-state index in [9.17, 15) is 32.3 Å². The molecule has 3 rings (SSSR count). The molecule has 10 nitrogen and oxygen atoms in total. The Labute approximate surface area is 197 Å². The minimum absolute atomic E-state index is 0.135. The van der Waals surface area contributed by atoms with Crippen LogP contribution in [0.4, 0.5) is 19.0 Å². The Hall–Kier alpha value is -3.77. The maximum atomic E-state index is 14.3. The van der Waals surface area contributed by atoms with Crippen LogP contribution in [0.5, 0.6) is 11.5 Å². The summed E-state index contributed by atoms with van der Waals surface area (Å²) >= 11 is 0. The number of fused-ring (bicyclic) bond motifs is 1. The van der Waals surface area contributed by atoms with Gasteiger partial charge in [-0.15, -0.1) is 0 Å². The molecule has 0 fully saturated rings. The number of hydrogen-bond donors (Lipinski definition) is 3. The Kier molecular flexibility index (Phi) is 7.27. The van der Waals surface area contributed by atoms with Crippen molar-refractivity contribution in [3.8, 4) is 11.5 Å². The number of carbonyl (C=O) groups is 2. The fraction of sp³-hybridized carbons (Fsp3) is 0.455. The number of rotatable bonds is 9. The molecule has 1 aliphatic rings. The van der Waals surface area contributed by atoms with Crippen molar-refractivity contribution >= 4 is 17.6 Å². The van der Waals surface area contributed by atoms with Crippen molar-refractivity contribution in [1.29, 1.82) is 0 Å². The highest BCUT2D eigenvalue weighted by molar-refractivity contribution is 6.07. The minimum atomic E-state index is -5.36. The number of methoxy groups -OCH3 is 2. The van der Waals surface area contributed by atoms with Crippen LogP contribution in [0.1, 0.15) is 37.3 Å². The molecule has 0 radical (unpaired) electrons. The van der Waals surface area contributed by atoms with Gasteiger partial charge in [0.15, 0.2) is 11.5 Å². The number of aryl methyl sites for hydroxylation is 1. The van der Waals surface area contributed by atoms with Crippen LogP contribution < -0.4 is 31.4 Å². The topological polar surface area (TPSA) is 132 Å². The van der Waals surface area contributed by atoms with E-state index in [2.05, 4.69) is 0 Å². The molecule has 0 bridgehead atoms. The van der Waals surface area contributed by atoms with Crippen LogP contribution in [-0.4, -0.2) is 41.8 Å². The summed E-state index contributed by atoms with van der Waals surface area (Å²) in [5.41, 5.74) is -6.48. The second-order valence-electron chi connectivity index (χ2n) is 7.93. The summed E-state index contributed by atoms with van der Waals surface area (Å²) in [6, 6.07) is 4.92. The van der Waals surface area contributed by atoms with Crippen LogP contribution in [0, 0.1) is 0 Å². The third-order valence-corrected chi connectivity index (χ3v) is 5.73. The maximum absolute atomic E-state index is 14.3. The quantitative estimate of drug-likeness (QED) is 0.483. The molecule has 1 aromatic carbocycles. The monoisotopic (exact) mass is 498 g/mol. The van der Waals surface area contributed by atoms with E-state index in [1.165, 1.54) is 14.2 Å². The molecule has 190 valence electrons. The molecule has 0 spiro atoms. The average Bonchev–Trinajstić information content (AvgIpc) is 3.10. The van der Waals surface area contributed by atoms with Gasteiger partial charge < -0.3 is 20.1 Å². The average molecular weight is 498 g/mol. The van der Waals surface area contributed by atoms with Gasteiger partial charge in [-0.3, -0.25) is 23.9 Å². The van der Waals surface area contributed by atoms with Crippen molar-refractivity contribution in [3.63, 3.8) is 0 Å². The predicted octanol–water partition coefficient (Wildman–Crippen LogP) is 1.81. The molecule has 2 heterocycles. The van der Waals surface area contributed by atoms with Crippen molar-refractivity contribution in [1.82, 2.24) is 14.9 Å². The molecule has 13 heteroatoms. The molecule has 0 aliphatic carbocycles. The van der Waals surface area contributed by atoms with Gasteiger partial charge in [-0.1, -0.05) is 19.4 Å². The Balaban J connectivity index is 2.06. The normalized spacial score (nSPS) is 17.0. The number of aromatic amines is 1. The number of nitrogens with one attached hydrogen (secondary N) is 3. The zero-order valence-electron chi connectivity index (χ0n) is 19.3. The van der Waals surface area contributed by atoms with Gasteiger partial charge in [-0.05, 0) is 30.5 Å². The van der Waals surface area contributed by atoms with Crippen LogP contribution in [0.3, 0.4) is 0 Å². The van der Waals surface area contributed by atoms with Gasteiger partial charge in [0.25, 0.3) is 11.5 Å². The summed E-state index contributed by atoms with van der Waals surface area (Å²) in [6.07, 6.45) is -4.67. The molecule has 2 aromatic rings. The van der Waals surface area contributed by atoms with Crippen LogP contribution in [0.2, 0.25) is 0 Å². The molecule has 1 atom stereocenters. The third-order valence-electron chi connectivity index (χ3n) is 5.73. The molecule has 1 aromatic heterocycles. The van der Waals surface area contributed by atoms with Crippen LogP contribution in [0.15, 0.2) is 27.8 Å². The molecule has 2 amide bonds. The van der Waals surface area contributed by atoms with E-state index in [1.54, 1.807) is 30.4 Å². The van der Waals surface area contributed by atoms with Gasteiger partial charge in [0.05, 0.1) is 14.2 Å². The number of hydrogen-bond acceptors (Lipinski definition) is 6. The zero-order valence-corrected chi connectivity index (χ0v) is 19.3. The number of anilines is 1. The van der Waals surface area contributed by atoms with E-state index < -0.39 is 46.2 Å². The maximum Gasteiger partial charge on any atom is 0.425 e. The van der Waals surface area contributed by atoms with E-state index in [0.29, 0.717) is 23.5 Å². The highest BCUT2D eigenvalue weighted by atomic mass is 19.4. The first-order chi connectivity index (χ1) is 16.5. The second-order valence-corrected chi connectivity index (χ2v) is 7.93. The van der Waals surface area contributed by atoms with Crippen molar-refractivity contribution in [2.24, 2.45) is 0 Å². The molecular formula is C22H25F3N4O6. The predicted molar refractivity (Wildman–Crippen MR) is 119 cm³/mol. The number of nitrogens with zero attached hydrogens (tertiary/aromatic N) is 1. The molecule has 0 saturated carbocycles. The van der Waals surface area contributed by atoms with E-state index in [1.807, 2.05) is 10.3 Å². The molecule has 3 N–H and O–H groups in total. The van der Waals surface area contributed by atoms with E-state index in [-0.39, 0.29) is 25.8 Å². The lowest BCUT2D eigenvalue weighted by Crippen LogP contribution is -2.62. The highest BCUT2D eigenvalue weighted by Gasteiger charge is 2.68. The zero-order chi connectivity index (χ0) is 26.0. The van der Waals surface area contributed by atoms with Crippen LogP contribution >= 0.6 is 0 Å². The number of H-pyrrole nitrogens is 1. The summed E-state index contributed by atoms with van der Waals surface area (Å²) in [4.78, 5) is 51.9. The lowest BCUT2D eigenvalue weighted by Gasteiger charge is -2.30. The number of carbonyl (C=O) groups excluding carboxylic acids is 2. The Morgan fingerprint density at radius 3 is 2.43 bits per heavy atom. The Bertz CT molecular complexity index is 1250. The molecule has 0 unspecified atom stereocenters. The second kappa shape index (κ2) is 9.84. The minimum Gasteiger partial charge on any atom is -0.493 e. The SMILES string of the molecule is CCCCC(=O)N[C@@]1(C(F)(F)F)C(=O)Nc2c1c(=O)[nH]c(=O)n2CCc1ccc(OC)c(OC)c1. The van der Waals surface area contributed by atoms with Crippen LogP contribution in [0.25, 0.3) is 0 Å². The standard InChI is InChI=1S/C22H25F3N4O6/c1-4-5-6-15(30)28-21(22(23,24)25)16-17(26-19(21)32)29(20(33)27-18(16)31)10-9-12-7-8-13(34-2)14(11-12)35-3/h7-8,11H,4-6,9-10H2,1-3H3,(H,26,32)(H,28,30)(H,27,31,33)/t21-/m1/s1. The number of halogens is 3. The number of ether oxygens (including phenoxy) is 2. The summed E-state index contributed by atoms with van der Waals surface area (Å²) < 4.78 is 54.1. The highest BCUT2D eigenvalue weighted by Crippen LogP contribution is 2.45. The summed E-state index contributed by atoms with van der Waals surface area (Å²) in [7, 11) is 2.89. The van der Waals surface area contributed by atoms with E-state index in [4.69, 9.17) is 9.47 Å². The fourth-order valence-corrected chi connectivity index (χ4v) is 3.92. The van der Waals surface area contributed by atoms with Gasteiger partial charge in [-0.25, -0.2) is 4.79 Å². The lowest BCUT2D eigenvalue weighted by atomic mass is 9.91. The largest absolute Gasteiger partial charge is 0.493 e. The Morgan fingerprint density at radius 2 is 1.83 bits per heavy atom. The summed E-state index contributed by atoms with van der Waals surface area (Å²) in [5, 5.41) is 3.73. The number of alkyl halides is 3. The Morgan fingerprint density at radius 1 is 1.14 bits per heavy atom. The molecular weight excluding hydrogens is 473 g/mol. The van der Waals surface area contributed by atoms with Gasteiger partial charge in [-0.2, -0.15) is 13.2 Å².